The number of hydrogen-bond acceptors (Lipinski definition) is 4. The Morgan fingerprint density at radius 1 is 1.25 bits per heavy atom. The standard InChI is InChI=1S/C22H28FN3OS/c1-17-20(28-16-24-17)7-8-21(27)26-12-10-22(15-26)9-4-11-25(14-22)13-18-5-2-3-6-19(18)23/h2-3,5-6,16H,4,7-15H2,1H3/t22-/m1/s1. The molecule has 1 amide bonds. The van der Waals surface area contributed by atoms with E-state index in [9.17, 15) is 9.18 Å². The molecule has 1 aromatic carbocycles. The molecule has 2 aromatic rings. The van der Waals surface area contributed by atoms with Gasteiger partial charge in [-0.3, -0.25) is 9.69 Å². The van der Waals surface area contributed by atoms with Gasteiger partial charge in [0.2, 0.25) is 5.91 Å². The summed E-state index contributed by atoms with van der Waals surface area (Å²) in [6.07, 6.45) is 4.71. The quantitative estimate of drug-likeness (QED) is 0.759. The van der Waals surface area contributed by atoms with Crippen molar-refractivity contribution in [1.82, 2.24) is 14.8 Å². The van der Waals surface area contributed by atoms with Crippen LogP contribution >= 0.6 is 11.3 Å². The SMILES string of the molecule is Cc1ncsc1CCC(=O)N1CC[C@@]2(CCCN(Cc3ccccc3F)C2)C1. The number of aromatic nitrogens is 1. The molecule has 2 aliphatic heterocycles. The number of nitrogens with zero attached hydrogens (tertiary/aromatic N) is 3. The van der Waals surface area contributed by atoms with Gasteiger partial charge in [0.25, 0.3) is 0 Å². The van der Waals surface area contributed by atoms with Crippen LogP contribution in [0.15, 0.2) is 29.8 Å². The van der Waals surface area contributed by atoms with Crippen molar-refractivity contribution < 1.29 is 9.18 Å². The van der Waals surface area contributed by atoms with Crippen molar-refractivity contribution in [2.75, 3.05) is 26.2 Å². The van der Waals surface area contributed by atoms with E-state index in [0.29, 0.717) is 13.0 Å². The van der Waals surface area contributed by atoms with Crippen LogP contribution in [0.1, 0.15) is 41.8 Å². The van der Waals surface area contributed by atoms with Crippen molar-refractivity contribution >= 4 is 17.2 Å². The molecule has 6 heteroatoms. The van der Waals surface area contributed by atoms with E-state index in [1.807, 2.05) is 24.6 Å². The van der Waals surface area contributed by atoms with Crippen LogP contribution in [0, 0.1) is 18.2 Å². The highest BCUT2D eigenvalue weighted by molar-refractivity contribution is 7.09. The van der Waals surface area contributed by atoms with Crippen LogP contribution in [0.25, 0.3) is 0 Å². The van der Waals surface area contributed by atoms with Gasteiger partial charge in [-0.15, -0.1) is 11.3 Å². The molecule has 3 heterocycles. The maximum Gasteiger partial charge on any atom is 0.222 e. The molecule has 0 aliphatic carbocycles. The third-order valence-electron chi connectivity index (χ3n) is 6.29. The van der Waals surface area contributed by atoms with Crippen LogP contribution in [0.5, 0.6) is 0 Å². The number of rotatable bonds is 5. The Kier molecular flexibility index (Phi) is 5.78. The molecule has 4 nitrogen and oxygen atoms in total. The molecule has 2 fully saturated rings. The second kappa shape index (κ2) is 8.29. The molecule has 1 spiro atoms. The molecule has 2 aliphatic rings. The first-order valence-corrected chi connectivity index (χ1v) is 11.1. The second-order valence-corrected chi connectivity index (χ2v) is 9.27. The molecule has 150 valence electrons. The number of hydrogen-bond donors (Lipinski definition) is 0. The van der Waals surface area contributed by atoms with Gasteiger partial charge in [-0.1, -0.05) is 18.2 Å². The third kappa shape index (κ3) is 4.28. The van der Waals surface area contributed by atoms with Crippen molar-refractivity contribution in [2.24, 2.45) is 5.41 Å². The molecule has 0 saturated carbocycles. The van der Waals surface area contributed by atoms with E-state index in [4.69, 9.17) is 0 Å². The van der Waals surface area contributed by atoms with Crippen LogP contribution in [0.4, 0.5) is 4.39 Å². The van der Waals surface area contributed by atoms with Gasteiger partial charge in [-0.05, 0) is 45.2 Å². The summed E-state index contributed by atoms with van der Waals surface area (Å²) in [6.45, 7) is 6.34. The van der Waals surface area contributed by atoms with Crippen LogP contribution in [0.2, 0.25) is 0 Å². The predicted molar refractivity (Wildman–Crippen MR) is 110 cm³/mol. The minimum atomic E-state index is -0.122. The number of carbonyl (C=O) groups is 1. The van der Waals surface area contributed by atoms with Crippen LogP contribution in [-0.4, -0.2) is 46.9 Å². The van der Waals surface area contributed by atoms with Crippen molar-refractivity contribution in [3.8, 4) is 0 Å². The third-order valence-corrected chi connectivity index (χ3v) is 7.29. The summed E-state index contributed by atoms with van der Waals surface area (Å²) in [5, 5.41) is 0. The maximum atomic E-state index is 14.0. The van der Waals surface area contributed by atoms with Crippen molar-refractivity contribution in [3.63, 3.8) is 0 Å². The Morgan fingerprint density at radius 3 is 2.89 bits per heavy atom. The minimum absolute atomic E-state index is 0.122. The van der Waals surface area contributed by atoms with E-state index < -0.39 is 0 Å². The van der Waals surface area contributed by atoms with Gasteiger partial charge in [0, 0.05) is 48.5 Å². The Hall–Kier alpha value is -1.79. The summed E-state index contributed by atoms with van der Waals surface area (Å²) < 4.78 is 14.0. The molecular formula is C22H28FN3OS. The summed E-state index contributed by atoms with van der Waals surface area (Å²) in [5.41, 5.74) is 3.85. The van der Waals surface area contributed by atoms with Gasteiger partial charge in [-0.25, -0.2) is 9.37 Å². The average Bonchev–Trinajstić information content (AvgIpc) is 3.28. The number of amides is 1. The topological polar surface area (TPSA) is 36.4 Å². The lowest BCUT2D eigenvalue weighted by Crippen LogP contribution is -2.45. The van der Waals surface area contributed by atoms with E-state index in [2.05, 4.69) is 14.8 Å². The number of piperidine rings is 1. The molecule has 0 N–H and O–H groups in total. The van der Waals surface area contributed by atoms with Crippen LogP contribution in [-0.2, 0) is 17.8 Å². The van der Waals surface area contributed by atoms with Gasteiger partial charge in [0.1, 0.15) is 5.82 Å². The van der Waals surface area contributed by atoms with Gasteiger partial charge < -0.3 is 4.90 Å². The maximum absolute atomic E-state index is 14.0. The molecule has 0 bridgehead atoms. The molecular weight excluding hydrogens is 373 g/mol. The van der Waals surface area contributed by atoms with Crippen LogP contribution in [0.3, 0.4) is 0 Å². The van der Waals surface area contributed by atoms with Crippen molar-refractivity contribution in [2.45, 2.75) is 45.6 Å². The fourth-order valence-electron chi connectivity index (χ4n) is 4.74. The fourth-order valence-corrected chi connectivity index (χ4v) is 5.52. The average molecular weight is 402 g/mol. The molecule has 2 saturated heterocycles. The first kappa shape index (κ1) is 19.5. The van der Waals surface area contributed by atoms with Gasteiger partial charge >= 0.3 is 0 Å². The Balaban J connectivity index is 1.33. The lowest BCUT2D eigenvalue weighted by Gasteiger charge is -2.40. The molecule has 1 atom stereocenters. The molecule has 4 rings (SSSR count). The van der Waals surface area contributed by atoms with Crippen molar-refractivity contribution in [3.05, 3.63) is 51.7 Å². The van der Waals surface area contributed by atoms with Crippen LogP contribution < -0.4 is 0 Å². The lowest BCUT2D eigenvalue weighted by atomic mass is 9.79. The van der Waals surface area contributed by atoms with Crippen molar-refractivity contribution in [1.29, 1.82) is 0 Å². The van der Waals surface area contributed by atoms with E-state index in [-0.39, 0.29) is 17.1 Å². The highest BCUT2D eigenvalue weighted by atomic mass is 32.1. The first-order valence-electron chi connectivity index (χ1n) is 10.2. The smallest absolute Gasteiger partial charge is 0.222 e. The summed E-state index contributed by atoms with van der Waals surface area (Å²) in [4.78, 5) is 22.7. The Morgan fingerprint density at radius 2 is 2.11 bits per heavy atom. The zero-order valence-corrected chi connectivity index (χ0v) is 17.3. The first-order chi connectivity index (χ1) is 13.5. The number of halogens is 1. The molecule has 28 heavy (non-hydrogen) atoms. The Bertz CT molecular complexity index is 839. The zero-order valence-electron chi connectivity index (χ0n) is 16.5. The predicted octanol–water partition coefficient (Wildman–Crippen LogP) is 4.04. The molecule has 1 aromatic heterocycles. The monoisotopic (exact) mass is 401 g/mol. The number of aryl methyl sites for hydroxylation is 2. The van der Waals surface area contributed by atoms with Gasteiger partial charge in [0.05, 0.1) is 11.2 Å². The number of likely N-dealkylation sites (tertiary alicyclic amines) is 2. The summed E-state index contributed by atoms with van der Waals surface area (Å²) in [6, 6.07) is 7.06. The minimum Gasteiger partial charge on any atom is -0.342 e. The fraction of sp³-hybridized carbons (Fsp3) is 0.545. The molecule has 0 radical (unpaired) electrons. The number of carbonyl (C=O) groups excluding carboxylic acids is 1. The second-order valence-electron chi connectivity index (χ2n) is 8.33. The summed E-state index contributed by atoms with van der Waals surface area (Å²) >= 11 is 1.64. The number of benzene rings is 1. The normalized spacial score (nSPS) is 22.9. The van der Waals surface area contributed by atoms with E-state index >= 15 is 0 Å². The van der Waals surface area contributed by atoms with E-state index in [1.54, 1.807) is 17.4 Å². The van der Waals surface area contributed by atoms with E-state index in [1.165, 1.54) is 17.4 Å². The van der Waals surface area contributed by atoms with Gasteiger partial charge in [0.15, 0.2) is 0 Å². The zero-order chi connectivity index (χ0) is 19.6. The lowest BCUT2D eigenvalue weighted by molar-refractivity contribution is -0.130. The number of thiazole rings is 1. The summed E-state index contributed by atoms with van der Waals surface area (Å²) in [5.74, 6) is 0.139. The van der Waals surface area contributed by atoms with E-state index in [0.717, 1.165) is 56.7 Å². The Labute approximate surface area is 170 Å². The summed E-state index contributed by atoms with van der Waals surface area (Å²) in [7, 11) is 0. The largest absolute Gasteiger partial charge is 0.342 e. The highest BCUT2D eigenvalue weighted by Crippen LogP contribution is 2.39. The highest BCUT2D eigenvalue weighted by Gasteiger charge is 2.42. The van der Waals surface area contributed by atoms with Gasteiger partial charge in [-0.2, -0.15) is 0 Å². The molecule has 0 unspecified atom stereocenters.